The molecule has 0 saturated carbocycles. The zero-order valence-electron chi connectivity index (χ0n) is 16.9. The maximum absolute atomic E-state index is 12.8. The average Bonchev–Trinajstić information content (AvgIpc) is 3.18. The van der Waals surface area contributed by atoms with Crippen LogP contribution in [0, 0.1) is 0 Å². The molecule has 1 aromatic heterocycles. The smallest absolute Gasteiger partial charge is 0.355 e. The second kappa shape index (κ2) is 8.59. The van der Waals surface area contributed by atoms with Gasteiger partial charge in [-0.15, -0.1) is 0 Å². The van der Waals surface area contributed by atoms with Crippen molar-refractivity contribution in [2.75, 3.05) is 19.8 Å². The maximum atomic E-state index is 12.8. The zero-order valence-corrected chi connectivity index (χ0v) is 16.9. The molecule has 0 unspecified atom stereocenters. The number of nitrogens with zero attached hydrogens (tertiary/aromatic N) is 2. The van der Waals surface area contributed by atoms with Crippen LogP contribution in [-0.2, 0) is 9.47 Å². The molecule has 2 aromatic carbocycles. The number of rotatable bonds is 5. The second-order valence-electron chi connectivity index (χ2n) is 7.29. The number of ether oxygens (including phenoxy) is 2. The SMILES string of the molecule is CCOC(=O)c1cc2cc(C3CCOCC3)ccc2n1-c1ccccc1/C(N)=N/O. The van der Waals surface area contributed by atoms with Gasteiger partial charge in [-0.25, -0.2) is 4.79 Å². The Morgan fingerprint density at radius 2 is 2.00 bits per heavy atom. The van der Waals surface area contributed by atoms with Gasteiger partial charge in [0.05, 0.1) is 17.8 Å². The van der Waals surface area contributed by atoms with Crippen molar-refractivity contribution in [1.82, 2.24) is 4.57 Å². The standard InChI is InChI=1S/C23H25N3O4/c1-2-30-23(27)21-14-17-13-16(15-9-11-29-12-10-15)7-8-19(17)26(21)20-6-4-3-5-18(20)22(24)25-28/h3-8,13-15,28H,2,9-12H2,1H3,(H2,24,25). The summed E-state index contributed by atoms with van der Waals surface area (Å²) in [5.74, 6) is -0.00120. The monoisotopic (exact) mass is 407 g/mol. The molecule has 0 bridgehead atoms. The molecule has 30 heavy (non-hydrogen) atoms. The number of carbonyl (C=O) groups excluding carboxylic acids is 1. The number of para-hydroxylation sites is 1. The van der Waals surface area contributed by atoms with Crippen molar-refractivity contribution in [1.29, 1.82) is 0 Å². The number of benzene rings is 2. The van der Waals surface area contributed by atoms with Gasteiger partial charge in [0.1, 0.15) is 5.69 Å². The van der Waals surface area contributed by atoms with E-state index < -0.39 is 5.97 Å². The predicted molar refractivity (Wildman–Crippen MR) is 115 cm³/mol. The van der Waals surface area contributed by atoms with Crippen LogP contribution in [0.1, 0.15) is 47.3 Å². The number of fused-ring (bicyclic) bond motifs is 1. The highest BCUT2D eigenvalue weighted by Gasteiger charge is 2.22. The molecule has 3 aromatic rings. The molecule has 0 aliphatic carbocycles. The van der Waals surface area contributed by atoms with Crippen LogP contribution in [0.3, 0.4) is 0 Å². The van der Waals surface area contributed by atoms with Crippen molar-refractivity contribution in [2.24, 2.45) is 10.9 Å². The number of aromatic nitrogens is 1. The van der Waals surface area contributed by atoms with Crippen LogP contribution < -0.4 is 5.73 Å². The summed E-state index contributed by atoms with van der Waals surface area (Å²) in [6.07, 6.45) is 1.98. The third-order valence-electron chi connectivity index (χ3n) is 5.53. The fourth-order valence-electron chi connectivity index (χ4n) is 4.07. The van der Waals surface area contributed by atoms with Crippen molar-refractivity contribution in [3.63, 3.8) is 0 Å². The third-order valence-corrected chi connectivity index (χ3v) is 5.53. The summed E-state index contributed by atoms with van der Waals surface area (Å²) in [6.45, 7) is 3.59. The first-order valence-corrected chi connectivity index (χ1v) is 10.1. The first-order valence-electron chi connectivity index (χ1n) is 10.1. The van der Waals surface area contributed by atoms with Gasteiger partial charge in [0.25, 0.3) is 0 Å². The maximum Gasteiger partial charge on any atom is 0.355 e. The lowest BCUT2D eigenvalue weighted by Gasteiger charge is -2.22. The summed E-state index contributed by atoms with van der Waals surface area (Å²) >= 11 is 0. The van der Waals surface area contributed by atoms with Crippen LogP contribution in [0.4, 0.5) is 0 Å². The van der Waals surface area contributed by atoms with Crippen LogP contribution in [0.2, 0.25) is 0 Å². The Hall–Kier alpha value is -3.32. The van der Waals surface area contributed by atoms with Crippen molar-refractivity contribution < 1.29 is 19.5 Å². The van der Waals surface area contributed by atoms with E-state index in [1.165, 1.54) is 5.56 Å². The normalized spacial score (nSPS) is 15.4. The highest BCUT2D eigenvalue weighted by Crippen LogP contribution is 2.33. The summed E-state index contributed by atoms with van der Waals surface area (Å²) in [5, 5.41) is 13.3. The summed E-state index contributed by atoms with van der Waals surface area (Å²) < 4.78 is 12.6. The summed E-state index contributed by atoms with van der Waals surface area (Å²) in [5.41, 5.74) is 9.57. The van der Waals surface area contributed by atoms with Gasteiger partial charge < -0.3 is 25.0 Å². The lowest BCUT2D eigenvalue weighted by Crippen LogP contribution is -2.18. The van der Waals surface area contributed by atoms with E-state index in [4.69, 9.17) is 15.2 Å². The molecule has 1 aliphatic rings. The summed E-state index contributed by atoms with van der Waals surface area (Å²) in [7, 11) is 0. The van der Waals surface area contributed by atoms with Crippen molar-refractivity contribution in [3.05, 3.63) is 65.4 Å². The van der Waals surface area contributed by atoms with Gasteiger partial charge in [-0.05, 0) is 61.6 Å². The highest BCUT2D eigenvalue weighted by molar-refractivity contribution is 6.03. The van der Waals surface area contributed by atoms with Gasteiger partial charge in [0.15, 0.2) is 5.84 Å². The van der Waals surface area contributed by atoms with Crippen LogP contribution in [0.15, 0.2) is 53.7 Å². The molecule has 1 aliphatic heterocycles. The van der Waals surface area contributed by atoms with Gasteiger partial charge >= 0.3 is 5.97 Å². The van der Waals surface area contributed by atoms with Crippen molar-refractivity contribution in [3.8, 4) is 5.69 Å². The first-order chi connectivity index (χ1) is 14.6. The predicted octanol–water partition coefficient (Wildman–Crippen LogP) is 3.80. The van der Waals surface area contributed by atoms with E-state index in [-0.39, 0.29) is 12.4 Å². The van der Waals surface area contributed by atoms with E-state index in [0.29, 0.717) is 22.9 Å². The highest BCUT2D eigenvalue weighted by atomic mass is 16.5. The van der Waals surface area contributed by atoms with E-state index in [9.17, 15) is 10.0 Å². The van der Waals surface area contributed by atoms with E-state index in [1.807, 2.05) is 28.8 Å². The molecular formula is C23H25N3O4. The topological polar surface area (TPSA) is 99.1 Å². The molecule has 7 heteroatoms. The largest absolute Gasteiger partial charge is 0.461 e. The van der Waals surface area contributed by atoms with Crippen LogP contribution in [-0.4, -0.2) is 41.4 Å². The first kappa shape index (κ1) is 20.0. The fourth-order valence-corrected chi connectivity index (χ4v) is 4.07. The van der Waals surface area contributed by atoms with E-state index in [2.05, 4.69) is 17.3 Å². The molecule has 0 spiro atoms. The molecular weight excluding hydrogens is 382 g/mol. The van der Waals surface area contributed by atoms with E-state index >= 15 is 0 Å². The quantitative estimate of drug-likeness (QED) is 0.220. The minimum atomic E-state index is -0.421. The molecule has 1 fully saturated rings. The van der Waals surface area contributed by atoms with Gasteiger partial charge in [-0.2, -0.15) is 0 Å². The number of nitrogens with two attached hydrogens (primary N) is 1. The Kier molecular flexibility index (Phi) is 5.72. The molecule has 3 N–H and O–H groups in total. The third kappa shape index (κ3) is 3.64. The lowest BCUT2D eigenvalue weighted by atomic mass is 9.91. The Balaban J connectivity index is 1.91. The van der Waals surface area contributed by atoms with Gasteiger partial charge in [-0.1, -0.05) is 23.4 Å². The number of amidine groups is 1. The van der Waals surface area contributed by atoms with Crippen LogP contribution in [0.5, 0.6) is 0 Å². The molecule has 0 radical (unpaired) electrons. The minimum absolute atomic E-state index is 0.0268. The van der Waals surface area contributed by atoms with Crippen LogP contribution in [0.25, 0.3) is 16.6 Å². The van der Waals surface area contributed by atoms with Gasteiger partial charge in [-0.3, -0.25) is 0 Å². The number of oxime groups is 1. The van der Waals surface area contributed by atoms with E-state index in [0.717, 1.165) is 37.0 Å². The van der Waals surface area contributed by atoms with Crippen molar-refractivity contribution in [2.45, 2.75) is 25.7 Å². The van der Waals surface area contributed by atoms with Gasteiger partial charge in [0, 0.05) is 24.2 Å². The van der Waals surface area contributed by atoms with Crippen LogP contribution >= 0.6 is 0 Å². The molecule has 7 nitrogen and oxygen atoms in total. The number of esters is 1. The Bertz CT molecular complexity index is 1100. The van der Waals surface area contributed by atoms with E-state index in [1.54, 1.807) is 19.1 Å². The summed E-state index contributed by atoms with van der Waals surface area (Å²) in [6, 6.07) is 15.3. The Morgan fingerprint density at radius 1 is 1.23 bits per heavy atom. The Labute approximate surface area is 174 Å². The lowest BCUT2D eigenvalue weighted by molar-refractivity contribution is 0.0517. The van der Waals surface area contributed by atoms with Crippen molar-refractivity contribution >= 4 is 22.7 Å². The number of carbonyl (C=O) groups is 1. The number of hydrogen-bond acceptors (Lipinski definition) is 5. The molecule has 1 saturated heterocycles. The number of hydrogen-bond donors (Lipinski definition) is 2. The molecule has 2 heterocycles. The average molecular weight is 407 g/mol. The fraction of sp³-hybridized carbons (Fsp3) is 0.304. The molecule has 0 amide bonds. The van der Waals surface area contributed by atoms with Gasteiger partial charge in [0.2, 0.25) is 0 Å². The second-order valence-corrected chi connectivity index (χ2v) is 7.29. The molecule has 156 valence electrons. The zero-order chi connectivity index (χ0) is 21.1. The molecule has 0 atom stereocenters. The minimum Gasteiger partial charge on any atom is -0.461 e. The molecule has 4 rings (SSSR count). The summed E-state index contributed by atoms with van der Waals surface area (Å²) in [4.78, 5) is 12.8. The Morgan fingerprint density at radius 3 is 2.73 bits per heavy atom.